The number of hydrogen-bond donors (Lipinski definition) is 1. The van der Waals surface area contributed by atoms with Crippen molar-refractivity contribution in [3.63, 3.8) is 0 Å². The van der Waals surface area contributed by atoms with E-state index in [1.165, 1.54) is 18.9 Å². The zero-order valence-electron chi connectivity index (χ0n) is 13.5. The highest BCUT2D eigenvalue weighted by molar-refractivity contribution is 6.31. The van der Waals surface area contributed by atoms with Crippen molar-refractivity contribution in [2.24, 2.45) is 23.0 Å². The Morgan fingerprint density at radius 2 is 1.76 bits per heavy atom. The quantitative estimate of drug-likeness (QED) is 0.751. The molecule has 0 saturated heterocycles. The minimum Gasteiger partial charge on any atom is -0.324 e. The van der Waals surface area contributed by atoms with Gasteiger partial charge < -0.3 is 5.73 Å². The zero-order valence-corrected chi connectivity index (χ0v) is 14.3. The van der Waals surface area contributed by atoms with Gasteiger partial charge in [0.05, 0.1) is 0 Å². The van der Waals surface area contributed by atoms with Gasteiger partial charge in [0.25, 0.3) is 0 Å². The summed E-state index contributed by atoms with van der Waals surface area (Å²) in [6.45, 7) is 8.72. The lowest BCUT2D eigenvalue weighted by Crippen LogP contribution is -2.30. The molecule has 0 amide bonds. The monoisotopic (exact) mass is 311 g/mol. The number of nitrogens with two attached hydrogens (primary N) is 1. The molecule has 0 radical (unpaired) electrons. The maximum absolute atomic E-state index is 13.5. The normalized spacial score (nSPS) is 24.9. The minimum atomic E-state index is -0.257. The van der Waals surface area contributed by atoms with Gasteiger partial charge in [-0.05, 0) is 67.1 Å². The molecule has 118 valence electrons. The second kappa shape index (κ2) is 6.26. The molecule has 0 heterocycles. The molecular formula is C18H27ClFN. The van der Waals surface area contributed by atoms with Gasteiger partial charge in [0, 0.05) is 11.1 Å². The number of benzene rings is 1. The third-order valence-corrected chi connectivity index (χ3v) is 5.47. The van der Waals surface area contributed by atoms with Gasteiger partial charge in [-0.1, -0.05) is 38.4 Å². The van der Waals surface area contributed by atoms with Crippen molar-refractivity contribution >= 4 is 11.6 Å². The Morgan fingerprint density at radius 3 is 2.29 bits per heavy atom. The number of halogens is 2. The standard InChI is InChI=1S/C18H27ClFN/c1-11-9-14(15(19)10-16(11)20)17(21)12-5-7-13(8-6-12)18(2,3)4/h9-10,12-13,17H,5-8,21H2,1-4H3. The molecule has 0 aliphatic heterocycles. The number of aryl methyl sites for hydroxylation is 1. The average molecular weight is 312 g/mol. The van der Waals surface area contributed by atoms with E-state index in [2.05, 4.69) is 20.8 Å². The van der Waals surface area contributed by atoms with E-state index in [9.17, 15) is 4.39 Å². The van der Waals surface area contributed by atoms with E-state index in [4.69, 9.17) is 17.3 Å². The zero-order chi connectivity index (χ0) is 15.8. The summed E-state index contributed by atoms with van der Waals surface area (Å²) in [5.74, 6) is 0.963. The highest BCUT2D eigenvalue weighted by Gasteiger charge is 2.32. The summed E-state index contributed by atoms with van der Waals surface area (Å²) >= 11 is 6.20. The Labute approximate surface area is 133 Å². The van der Waals surface area contributed by atoms with Gasteiger partial charge >= 0.3 is 0 Å². The Bertz CT molecular complexity index is 499. The first-order valence-electron chi connectivity index (χ1n) is 7.91. The second-order valence-corrected chi connectivity index (χ2v) is 8.03. The Balaban J connectivity index is 2.09. The lowest BCUT2D eigenvalue weighted by Gasteiger charge is -2.39. The van der Waals surface area contributed by atoms with Gasteiger partial charge in [0.15, 0.2) is 0 Å². The van der Waals surface area contributed by atoms with Gasteiger partial charge in [-0.3, -0.25) is 0 Å². The highest BCUT2D eigenvalue weighted by Crippen LogP contribution is 2.43. The lowest BCUT2D eigenvalue weighted by atomic mass is 9.68. The molecule has 2 N–H and O–H groups in total. The summed E-state index contributed by atoms with van der Waals surface area (Å²) in [5.41, 5.74) is 8.33. The van der Waals surface area contributed by atoms with Crippen LogP contribution in [0.15, 0.2) is 12.1 Å². The van der Waals surface area contributed by atoms with Crippen LogP contribution < -0.4 is 5.73 Å². The molecule has 1 saturated carbocycles. The summed E-state index contributed by atoms with van der Waals surface area (Å²) < 4.78 is 13.5. The van der Waals surface area contributed by atoms with Crippen LogP contribution >= 0.6 is 11.6 Å². The highest BCUT2D eigenvalue weighted by atomic mass is 35.5. The predicted molar refractivity (Wildman–Crippen MR) is 88.0 cm³/mol. The smallest absolute Gasteiger partial charge is 0.127 e. The van der Waals surface area contributed by atoms with Crippen LogP contribution in [0, 0.1) is 30.0 Å². The van der Waals surface area contributed by atoms with E-state index in [0.717, 1.165) is 24.3 Å². The molecule has 3 heteroatoms. The minimum absolute atomic E-state index is 0.0854. The van der Waals surface area contributed by atoms with Crippen molar-refractivity contribution in [3.05, 3.63) is 34.1 Å². The first kappa shape index (κ1) is 16.8. The molecule has 1 aliphatic rings. The molecular weight excluding hydrogens is 285 g/mol. The predicted octanol–water partition coefficient (Wildman–Crippen LogP) is 5.64. The van der Waals surface area contributed by atoms with Crippen molar-refractivity contribution in [3.8, 4) is 0 Å². The Morgan fingerprint density at radius 1 is 1.19 bits per heavy atom. The van der Waals surface area contributed by atoms with E-state index < -0.39 is 0 Å². The maximum Gasteiger partial charge on any atom is 0.127 e. The van der Waals surface area contributed by atoms with Crippen molar-refractivity contribution in [1.29, 1.82) is 0 Å². The lowest BCUT2D eigenvalue weighted by molar-refractivity contribution is 0.139. The summed E-state index contributed by atoms with van der Waals surface area (Å²) in [7, 11) is 0. The SMILES string of the molecule is Cc1cc(C(N)C2CCC(C(C)(C)C)CC2)c(Cl)cc1F. The van der Waals surface area contributed by atoms with Crippen LogP contribution in [-0.2, 0) is 0 Å². The summed E-state index contributed by atoms with van der Waals surface area (Å²) in [6, 6.07) is 3.13. The first-order chi connectivity index (χ1) is 9.70. The molecule has 0 spiro atoms. The number of rotatable bonds is 2. The van der Waals surface area contributed by atoms with E-state index in [1.807, 2.05) is 6.07 Å². The average Bonchev–Trinajstić information content (AvgIpc) is 2.41. The molecule has 1 atom stereocenters. The van der Waals surface area contributed by atoms with Crippen LogP contribution in [0.5, 0.6) is 0 Å². The third-order valence-electron chi connectivity index (χ3n) is 5.14. The Kier molecular flexibility index (Phi) is 4.99. The molecule has 1 aliphatic carbocycles. The molecule has 1 nitrogen and oxygen atoms in total. The van der Waals surface area contributed by atoms with Crippen molar-refractivity contribution in [2.45, 2.75) is 59.4 Å². The fraction of sp³-hybridized carbons (Fsp3) is 0.667. The van der Waals surface area contributed by atoms with Gasteiger partial charge in [-0.15, -0.1) is 0 Å². The van der Waals surface area contributed by atoms with Crippen LogP contribution in [0.4, 0.5) is 4.39 Å². The summed E-state index contributed by atoms with van der Waals surface area (Å²) in [5, 5.41) is 0.462. The number of hydrogen-bond acceptors (Lipinski definition) is 1. The van der Waals surface area contributed by atoms with Gasteiger partial charge in [0.1, 0.15) is 5.82 Å². The molecule has 0 bridgehead atoms. The van der Waals surface area contributed by atoms with Gasteiger partial charge in [0.2, 0.25) is 0 Å². The second-order valence-electron chi connectivity index (χ2n) is 7.63. The van der Waals surface area contributed by atoms with Crippen molar-refractivity contribution in [2.75, 3.05) is 0 Å². The van der Waals surface area contributed by atoms with Crippen LogP contribution in [0.1, 0.15) is 63.6 Å². The van der Waals surface area contributed by atoms with E-state index in [-0.39, 0.29) is 11.9 Å². The Hall–Kier alpha value is -0.600. The molecule has 1 unspecified atom stereocenters. The van der Waals surface area contributed by atoms with Crippen molar-refractivity contribution < 1.29 is 4.39 Å². The van der Waals surface area contributed by atoms with E-state index >= 15 is 0 Å². The molecule has 0 aromatic heterocycles. The van der Waals surface area contributed by atoms with E-state index in [0.29, 0.717) is 21.9 Å². The first-order valence-corrected chi connectivity index (χ1v) is 8.29. The summed E-state index contributed by atoms with van der Waals surface area (Å²) in [6.07, 6.45) is 4.71. The van der Waals surface area contributed by atoms with E-state index in [1.54, 1.807) is 6.92 Å². The van der Waals surface area contributed by atoms with Gasteiger partial charge in [-0.2, -0.15) is 0 Å². The largest absolute Gasteiger partial charge is 0.324 e. The maximum atomic E-state index is 13.5. The van der Waals surface area contributed by atoms with Crippen LogP contribution in [0.3, 0.4) is 0 Å². The summed E-state index contributed by atoms with van der Waals surface area (Å²) in [4.78, 5) is 0. The molecule has 1 aromatic rings. The fourth-order valence-corrected chi connectivity index (χ4v) is 3.81. The topological polar surface area (TPSA) is 26.0 Å². The van der Waals surface area contributed by atoms with Crippen LogP contribution in [0.25, 0.3) is 0 Å². The molecule has 2 rings (SSSR count). The molecule has 1 fully saturated rings. The fourth-order valence-electron chi connectivity index (χ4n) is 3.53. The van der Waals surface area contributed by atoms with Gasteiger partial charge in [-0.25, -0.2) is 4.39 Å². The molecule has 21 heavy (non-hydrogen) atoms. The van der Waals surface area contributed by atoms with Crippen LogP contribution in [-0.4, -0.2) is 0 Å². The molecule has 1 aromatic carbocycles. The van der Waals surface area contributed by atoms with Crippen molar-refractivity contribution in [1.82, 2.24) is 0 Å². The third kappa shape index (κ3) is 3.78. The van der Waals surface area contributed by atoms with Crippen LogP contribution in [0.2, 0.25) is 5.02 Å².